The molecule has 0 aliphatic carbocycles. The number of nitrogens with one attached hydrogen (secondary N) is 2. The summed E-state index contributed by atoms with van der Waals surface area (Å²) >= 11 is 0. The van der Waals surface area contributed by atoms with E-state index in [-0.39, 0.29) is 36.4 Å². The van der Waals surface area contributed by atoms with E-state index in [1.807, 2.05) is 6.92 Å². The van der Waals surface area contributed by atoms with Gasteiger partial charge >= 0.3 is 6.18 Å². The summed E-state index contributed by atoms with van der Waals surface area (Å²) in [7, 11) is 3.08. The van der Waals surface area contributed by atoms with Crippen LogP contribution < -0.4 is 24.8 Å². The van der Waals surface area contributed by atoms with Crippen LogP contribution in [0.3, 0.4) is 0 Å². The summed E-state index contributed by atoms with van der Waals surface area (Å²) in [6.07, 6.45) is -3.08. The van der Waals surface area contributed by atoms with Crippen molar-refractivity contribution in [3.63, 3.8) is 0 Å². The molecule has 30 heavy (non-hydrogen) atoms. The van der Waals surface area contributed by atoms with E-state index in [0.29, 0.717) is 35.3 Å². The van der Waals surface area contributed by atoms with Gasteiger partial charge in [0.25, 0.3) is 0 Å². The number of halogens is 4. The highest BCUT2D eigenvalue weighted by Crippen LogP contribution is 2.29. The van der Waals surface area contributed by atoms with Gasteiger partial charge in [-0.2, -0.15) is 13.2 Å². The Bertz CT molecular complexity index is 835. The van der Waals surface area contributed by atoms with Crippen LogP contribution in [0.5, 0.6) is 17.4 Å². The molecule has 0 amide bonds. The number of hydrogen-bond donors (Lipinski definition) is 2. The molecule has 0 saturated heterocycles. The molecule has 166 valence electrons. The second kappa shape index (κ2) is 12.3. The first kappa shape index (κ1) is 25.6. The molecule has 0 radical (unpaired) electrons. The molecule has 0 aliphatic heterocycles. The lowest BCUT2D eigenvalue weighted by Crippen LogP contribution is -2.30. The average molecular weight is 540 g/mol. The monoisotopic (exact) mass is 540 g/mol. The minimum atomic E-state index is -4.44. The van der Waals surface area contributed by atoms with Gasteiger partial charge in [-0.1, -0.05) is 6.07 Å². The summed E-state index contributed by atoms with van der Waals surface area (Å²) < 4.78 is 52.6. The molecule has 0 aliphatic rings. The number of rotatable bonds is 8. The van der Waals surface area contributed by atoms with E-state index in [9.17, 15) is 13.2 Å². The second-order valence-electron chi connectivity index (χ2n) is 5.76. The highest BCUT2D eigenvalue weighted by molar-refractivity contribution is 14.0. The van der Waals surface area contributed by atoms with E-state index in [4.69, 9.17) is 14.2 Å². The third-order valence-corrected chi connectivity index (χ3v) is 3.62. The van der Waals surface area contributed by atoms with Gasteiger partial charge in [-0.05, 0) is 25.1 Å². The quantitative estimate of drug-likeness (QED) is 0.297. The maximum atomic E-state index is 12.4. The van der Waals surface area contributed by atoms with Gasteiger partial charge in [0.1, 0.15) is 0 Å². The third-order valence-electron chi connectivity index (χ3n) is 3.62. The highest BCUT2D eigenvalue weighted by atomic mass is 127. The smallest absolute Gasteiger partial charge is 0.422 e. The van der Waals surface area contributed by atoms with Gasteiger partial charge in [0.2, 0.25) is 5.88 Å². The lowest BCUT2D eigenvalue weighted by molar-refractivity contribution is -0.154. The van der Waals surface area contributed by atoms with Crippen molar-refractivity contribution in [3.05, 3.63) is 42.1 Å². The number of aliphatic imine (C=N–C) groups is 1. The minimum Gasteiger partial charge on any atom is -0.493 e. The fraction of sp³-hybridized carbons (Fsp3) is 0.368. The fourth-order valence-corrected chi connectivity index (χ4v) is 2.35. The number of benzene rings is 1. The molecule has 0 atom stereocenters. The largest absolute Gasteiger partial charge is 0.493 e. The number of methoxy groups -OCH3 is 2. The van der Waals surface area contributed by atoms with Crippen LogP contribution in [0.15, 0.2) is 41.5 Å². The van der Waals surface area contributed by atoms with Crippen LogP contribution in [0.1, 0.15) is 12.5 Å². The average Bonchev–Trinajstić information content (AvgIpc) is 2.70. The predicted octanol–water partition coefficient (Wildman–Crippen LogP) is 4.24. The van der Waals surface area contributed by atoms with E-state index in [0.717, 1.165) is 0 Å². The van der Waals surface area contributed by atoms with Crippen LogP contribution in [0.4, 0.5) is 18.9 Å². The molecular weight excluding hydrogens is 516 g/mol. The van der Waals surface area contributed by atoms with Crippen LogP contribution in [0.25, 0.3) is 0 Å². The van der Waals surface area contributed by atoms with Crippen molar-refractivity contribution in [2.45, 2.75) is 19.6 Å². The van der Waals surface area contributed by atoms with Crippen LogP contribution in [-0.4, -0.2) is 44.5 Å². The molecule has 0 bridgehead atoms. The summed E-state index contributed by atoms with van der Waals surface area (Å²) in [4.78, 5) is 8.27. The van der Waals surface area contributed by atoms with Gasteiger partial charge in [-0.25, -0.2) is 9.98 Å². The van der Waals surface area contributed by atoms with Gasteiger partial charge in [-0.15, -0.1) is 24.0 Å². The number of aromatic nitrogens is 1. The summed E-state index contributed by atoms with van der Waals surface area (Å²) in [5, 5.41) is 6.18. The zero-order valence-corrected chi connectivity index (χ0v) is 19.1. The maximum absolute atomic E-state index is 12.4. The number of nitrogens with zero attached hydrogens (tertiary/aromatic N) is 2. The van der Waals surface area contributed by atoms with Crippen molar-refractivity contribution in [3.8, 4) is 17.4 Å². The first-order chi connectivity index (χ1) is 13.9. The summed E-state index contributed by atoms with van der Waals surface area (Å²) in [5.74, 6) is 1.46. The van der Waals surface area contributed by atoms with Crippen LogP contribution >= 0.6 is 24.0 Å². The zero-order valence-electron chi connectivity index (χ0n) is 16.7. The van der Waals surface area contributed by atoms with Gasteiger partial charge in [0.15, 0.2) is 24.1 Å². The first-order valence-electron chi connectivity index (χ1n) is 8.77. The molecule has 0 spiro atoms. The van der Waals surface area contributed by atoms with Crippen molar-refractivity contribution >= 4 is 35.6 Å². The van der Waals surface area contributed by atoms with Crippen molar-refractivity contribution in [1.29, 1.82) is 0 Å². The second-order valence-corrected chi connectivity index (χ2v) is 5.76. The van der Waals surface area contributed by atoms with Crippen LogP contribution in [-0.2, 0) is 6.54 Å². The van der Waals surface area contributed by atoms with Gasteiger partial charge in [0, 0.05) is 30.1 Å². The number of guanidine groups is 1. The molecule has 7 nitrogen and oxygen atoms in total. The molecule has 0 fully saturated rings. The van der Waals surface area contributed by atoms with Crippen molar-refractivity contribution in [2.75, 3.05) is 32.7 Å². The van der Waals surface area contributed by atoms with E-state index in [2.05, 4.69) is 20.6 Å². The maximum Gasteiger partial charge on any atom is 0.422 e. The van der Waals surface area contributed by atoms with E-state index in [1.54, 1.807) is 37.4 Å². The van der Waals surface area contributed by atoms with E-state index >= 15 is 0 Å². The Hall–Kier alpha value is -2.44. The Morgan fingerprint density at radius 2 is 1.87 bits per heavy atom. The number of anilines is 1. The minimum absolute atomic E-state index is 0. The molecule has 2 rings (SSSR count). The molecule has 2 N–H and O–H groups in total. The molecule has 2 aromatic rings. The SMILES string of the molecule is CCNC(=NCc1cccnc1OCC(F)(F)F)Nc1ccc(OC)c(OC)c1.I. The Labute approximate surface area is 190 Å². The molecule has 11 heteroatoms. The third kappa shape index (κ3) is 8.13. The van der Waals surface area contributed by atoms with Crippen molar-refractivity contribution < 1.29 is 27.4 Å². The van der Waals surface area contributed by atoms with Crippen molar-refractivity contribution in [1.82, 2.24) is 10.3 Å². The Morgan fingerprint density at radius 1 is 1.13 bits per heavy atom. The number of ether oxygens (including phenoxy) is 3. The lowest BCUT2D eigenvalue weighted by Gasteiger charge is -2.14. The zero-order chi connectivity index (χ0) is 21.3. The van der Waals surface area contributed by atoms with Crippen LogP contribution in [0.2, 0.25) is 0 Å². The predicted molar refractivity (Wildman–Crippen MR) is 119 cm³/mol. The molecule has 1 heterocycles. The topological polar surface area (TPSA) is 77.0 Å². The lowest BCUT2D eigenvalue weighted by atomic mass is 10.2. The van der Waals surface area contributed by atoms with E-state index < -0.39 is 12.8 Å². The molecule has 0 saturated carbocycles. The van der Waals surface area contributed by atoms with Gasteiger partial charge in [-0.3, -0.25) is 0 Å². The van der Waals surface area contributed by atoms with E-state index in [1.165, 1.54) is 13.3 Å². The summed E-state index contributed by atoms with van der Waals surface area (Å²) in [5.41, 5.74) is 1.13. The molecular formula is C19H24F3IN4O3. The van der Waals surface area contributed by atoms with Crippen LogP contribution in [0, 0.1) is 0 Å². The molecule has 1 aromatic heterocycles. The van der Waals surface area contributed by atoms with Gasteiger partial charge in [0.05, 0.1) is 20.8 Å². The standard InChI is InChI=1S/C19H23F3N4O3.HI/c1-4-23-18(26-14-7-8-15(27-2)16(10-14)28-3)25-11-13-6-5-9-24-17(13)29-12-19(20,21)22;/h5-10H,4,11-12H2,1-3H3,(H2,23,25,26);1H. The summed E-state index contributed by atoms with van der Waals surface area (Å²) in [6.45, 7) is 1.14. The molecule has 0 unspecified atom stereocenters. The Kier molecular flexibility index (Phi) is 10.5. The highest BCUT2D eigenvalue weighted by Gasteiger charge is 2.29. The van der Waals surface area contributed by atoms with Gasteiger partial charge < -0.3 is 24.8 Å². The number of hydrogen-bond acceptors (Lipinski definition) is 5. The first-order valence-corrected chi connectivity index (χ1v) is 8.77. The van der Waals surface area contributed by atoms with Crippen molar-refractivity contribution in [2.24, 2.45) is 4.99 Å². The Balaban J connectivity index is 0.00000450. The number of alkyl halides is 3. The fourth-order valence-electron chi connectivity index (χ4n) is 2.35. The normalized spacial score (nSPS) is 11.3. The summed E-state index contributed by atoms with van der Waals surface area (Å²) in [6, 6.07) is 8.50. The molecule has 1 aromatic carbocycles. The number of pyridine rings is 1. The Morgan fingerprint density at radius 3 is 2.50 bits per heavy atom.